The molecule has 1 fully saturated rings. The van der Waals surface area contributed by atoms with Gasteiger partial charge in [0, 0.05) is 52.0 Å². The SMILES string of the molecule is CN=C(NCCCN1CCN(c2ccc(OC)cc2)CC1)NCc1ccccc1. The van der Waals surface area contributed by atoms with Crippen molar-refractivity contribution in [2.75, 3.05) is 58.3 Å². The summed E-state index contributed by atoms with van der Waals surface area (Å²) in [7, 11) is 3.52. The largest absolute Gasteiger partial charge is 0.497 e. The van der Waals surface area contributed by atoms with Crippen molar-refractivity contribution in [2.45, 2.75) is 13.0 Å². The van der Waals surface area contributed by atoms with E-state index in [1.54, 1.807) is 7.11 Å². The Morgan fingerprint density at radius 2 is 1.69 bits per heavy atom. The number of nitrogens with zero attached hydrogens (tertiary/aromatic N) is 3. The maximum absolute atomic E-state index is 5.25. The Balaban J connectivity index is 1.31. The number of piperazine rings is 1. The number of hydrogen-bond donors (Lipinski definition) is 2. The third-order valence-corrected chi connectivity index (χ3v) is 5.28. The highest BCUT2D eigenvalue weighted by Crippen LogP contribution is 2.20. The van der Waals surface area contributed by atoms with E-state index in [9.17, 15) is 0 Å². The number of aliphatic imine (C=N–C) groups is 1. The van der Waals surface area contributed by atoms with Crippen molar-refractivity contribution in [1.82, 2.24) is 15.5 Å². The fraction of sp³-hybridized carbons (Fsp3) is 0.435. The summed E-state index contributed by atoms with van der Waals surface area (Å²) in [5.41, 5.74) is 2.53. The van der Waals surface area contributed by atoms with Crippen molar-refractivity contribution in [1.29, 1.82) is 0 Å². The number of methoxy groups -OCH3 is 1. The molecule has 0 aliphatic carbocycles. The molecule has 0 unspecified atom stereocenters. The molecule has 1 heterocycles. The van der Waals surface area contributed by atoms with E-state index < -0.39 is 0 Å². The number of rotatable bonds is 8. The number of hydrogen-bond acceptors (Lipinski definition) is 4. The molecule has 0 aromatic heterocycles. The van der Waals surface area contributed by atoms with Crippen LogP contribution in [0.25, 0.3) is 0 Å². The Morgan fingerprint density at radius 3 is 2.34 bits per heavy atom. The Kier molecular flexibility index (Phi) is 8.19. The first-order valence-corrected chi connectivity index (χ1v) is 10.4. The number of nitrogens with one attached hydrogen (secondary N) is 2. The molecule has 2 aromatic carbocycles. The summed E-state index contributed by atoms with van der Waals surface area (Å²) in [6.07, 6.45) is 1.11. The van der Waals surface area contributed by atoms with Gasteiger partial charge in [-0.2, -0.15) is 0 Å². The molecule has 1 saturated heterocycles. The van der Waals surface area contributed by atoms with Crippen molar-refractivity contribution < 1.29 is 4.74 Å². The summed E-state index contributed by atoms with van der Waals surface area (Å²) in [5, 5.41) is 6.78. The lowest BCUT2D eigenvalue weighted by Crippen LogP contribution is -2.47. The van der Waals surface area contributed by atoms with Gasteiger partial charge >= 0.3 is 0 Å². The minimum atomic E-state index is 0.786. The van der Waals surface area contributed by atoms with Crippen LogP contribution in [0, 0.1) is 0 Å². The molecule has 29 heavy (non-hydrogen) atoms. The molecule has 0 radical (unpaired) electrons. The van der Waals surface area contributed by atoms with Gasteiger partial charge in [0.2, 0.25) is 0 Å². The fourth-order valence-electron chi connectivity index (χ4n) is 3.53. The zero-order valence-electron chi connectivity index (χ0n) is 17.6. The van der Waals surface area contributed by atoms with Crippen LogP contribution in [-0.2, 0) is 6.54 Å². The van der Waals surface area contributed by atoms with E-state index in [0.717, 1.165) is 63.9 Å². The number of anilines is 1. The van der Waals surface area contributed by atoms with E-state index in [-0.39, 0.29) is 0 Å². The van der Waals surface area contributed by atoms with Crippen LogP contribution in [0.1, 0.15) is 12.0 Å². The van der Waals surface area contributed by atoms with Crippen molar-refractivity contribution in [3.8, 4) is 5.75 Å². The topological polar surface area (TPSA) is 52.1 Å². The van der Waals surface area contributed by atoms with Gasteiger partial charge in [0.05, 0.1) is 7.11 Å². The first-order chi connectivity index (χ1) is 14.3. The summed E-state index contributed by atoms with van der Waals surface area (Å²) in [6.45, 7) is 7.17. The molecule has 0 spiro atoms. The molecule has 0 atom stereocenters. The Bertz CT molecular complexity index is 740. The smallest absolute Gasteiger partial charge is 0.191 e. The molecule has 0 amide bonds. The van der Waals surface area contributed by atoms with E-state index in [1.807, 2.05) is 25.2 Å². The highest BCUT2D eigenvalue weighted by atomic mass is 16.5. The number of guanidine groups is 1. The maximum Gasteiger partial charge on any atom is 0.191 e. The lowest BCUT2D eigenvalue weighted by Gasteiger charge is -2.36. The molecule has 6 nitrogen and oxygen atoms in total. The predicted octanol–water partition coefficient (Wildman–Crippen LogP) is 2.57. The minimum absolute atomic E-state index is 0.786. The highest BCUT2D eigenvalue weighted by Gasteiger charge is 2.16. The summed E-state index contributed by atoms with van der Waals surface area (Å²) >= 11 is 0. The first-order valence-electron chi connectivity index (χ1n) is 10.4. The van der Waals surface area contributed by atoms with Crippen LogP contribution in [0.2, 0.25) is 0 Å². The van der Waals surface area contributed by atoms with Gasteiger partial charge in [0.1, 0.15) is 5.75 Å². The predicted molar refractivity (Wildman–Crippen MR) is 121 cm³/mol. The third kappa shape index (κ3) is 6.68. The van der Waals surface area contributed by atoms with Gasteiger partial charge in [0.15, 0.2) is 5.96 Å². The fourth-order valence-corrected chi connectivity index (χ4v) is 3.53. The minimum Gasteiger partial charge on any atom is -0.497 e. The van der Waals surface area contributed by atoms with Crippen LogP contribution in [0.15, 0.2) is 59.6 Å². The lowest BCUT2D eigenvalue weighted by atomic mass is 10.2. The first kappa shape index (κ1) is 21.0. The Morgan fingerprint density at radius 1 is 0.966 bits per heavy atom. The molecule has 0 saturated carbocycles. The highest BCUT2D eigenvalue weighted by molar-refractivity contribution is 5.79. The van der Waals surface area contributed by atoms with Gasteiger partial charge in [-0.3, -0.25) is 9.89 Å². The van der Waals surface area contributed by atoms with Crippen LogP contribution >= 0.6 is 0 Å². The van der Waals surface area contributed by atoms with E-state index in [0.29, 0.717) is 0 Å². The quantitative estimate of drug-likeness (QED) is 0.409. The molecule has 1 aliphatic heterocycles. The summed E-state index contributed by atoms with van der Waals surface area (Å²) in [5.74, 6) is 1.77. The summed E-state index contributed by atoms with van der Waals surface area (Å²) in [6, 6.07) is 18.7. The molecule has 3 rings (SSSR count). The summed E-state index contributed by atoms with van der Waals surface area (Å²) < 4.78 is 5.25. The molecule has 6 heteroatoms. The number of benzene rings is 2. The summed E-state index contributed by atoms with van der Waals surface area (Å²) in [4.78, 5) is 9.30. The van der Waals surface area contributed by atoms with Crippen molar-refractivity contribution in [2.24, 2.45) is 4.99 Å². The van der Waals surface area contributed by atoms with Gasteiger partial charge in [-0.05, 0) is 42.8 Å². The Labute approximate surface area is 174 Å². The van der Waals surface area contributed by atoms with E-state index in [4.69, 9.17) is 4.74 Å². The van der Waals surface area contributed by atoms with Gasteiger partial charge < -0.3 is 20.3 Å². The van der Waals surface area contributed by atoms with Crippen LogP contribution in [0.4, 0.5) is 5.69 Å². The van der Waals surface area contributed by atoms with Crippen molar-refractivity contribution in [3.63, 3.8) is 0 Å². The standard InChI is InChI=1S/C23H33N5O/c1-24-23(26-19-20-7-4-3-5-8-20)25-13-6-14-27-15-17-28(18-16-27)21-9-11-22(29-2)12-10-21/h3-5,7-12H,6,13-19H2,1-2H3,(H2,24,25,26). The molecule has 2 aromatic rings. The maximum atomic E-state index is 5.25. The lowest BCUT2D eigenvalue weighted by molar-refractivity contribution is 0.255. The monoisotopic (exact) mass is 395 g/mol. The van der Waals surface area contributed by atoms with Gasteiger partial charge in [-0.1, -0.05) is 30.3 Å². The third-order valence-electron chi connectivity index (χ3n) is 5.28. The van der Waals surface area contributed by atoms with E-state index in [1.165, 1.54) is 11.3 Å². The molecular formula is C23H33N5O. The molecular weight excluding hydrogens is 362 g/mol. The zero-order valence-corrected chi connectivity index (χ0v) is 17.6. The van der Waals surface area contributed by atoms with Crippen LogP contribution in [0.3, 0.4) is 0 Å². The Hall–Kier alpha value is -2.73. The van der Waals surface area contributed by atoms with E-state index in [2.05, 4.69) is 61.8 Å². The molecule has 2 N–H and O–H groups in total. The average Bonchev–Trinajstić information content (AvgIpc) is 2.80. The zero-order chi connectivity index (χ0) is 20.3. The van der Waals surface area contributed by atoms with Gasteiger partial charge in [-0.25, -0.2) is 0 Å². The molecule has 0 bridgehead atoms. The van der Waals surface area contributed by atoms with E-state index >= 15 is 0 Å². The molecule has 156 valence electrons. The number of ether oxygens (including phenoxy) is 1. The average molecular weight is 396 g/mol. The van der Waals surface area contributed by atoms with Crippen molar-refractivity contribution in [3.05, 3.63) is 60.2 Å². The normalized spacial score (nSPS) is 15.2. The van der Waals surface area contributed by atoms with Gasteiger partial charge in [-0.15, -0.1) is 0 Å². The molecule has 1 aliphatic rings. The second-order valence-corrected chi connectivity index (χ2v) is 7.22. The van der Waals surface area contributed by atoms with Crippen LogP contribution in [-0.4, -0.2) is 64.3 Å². The second-order valence-electron chi connectivity index (χ2n) is 7.22. The van der Waals surface area contributed by atoms with Gasteiger partial charge in [0.25, 0.3) is 0 Å². The van der Waals surface area contributed by atoms with Crippen LogP contribution < -0.4 is 20.3 Å². The second kappa shape index (κ2) is 11.3. The van der Waals surface area contributed by atoms with Crippen molar-refractivity contribution >= 4 is 11.6 Å². The van der Waals surface area contributed by atoms with Crippen LogP contribution in [0.5, 0.6) is 5.75 Å².